The zero-order chi connectivity index (χ0) is 29.8. The van der Waals surface area contributed by atoms with Crippen LogP contribution in [0.3, 0.4) is 0 Å². The predicted octanol–water partition coefficient (Wildman–Crippen LogP) is 6.33. The molecule has 216 valence electrons. The fraction of sp³-hybridized carbons (Fsp3) is 0.448. The number of nitrogens with zero attached hydrogens (tertiary/aromatic N) is 4. The second-order valence-electron chi connectivity index (χ2n) is 11.2. The van der Waals surface area contributed by atoms with Crippen LogP contribution in [0.15, 0.2) is 42.5 Å². The fourth-order valence-electron chi connectivity index (χ4n) is 6.95. The van der Waals surface area contributed by atoms with Crippen LogP contribution in [-0.2, 0) is 36.0 Å². The molecule has 1 amide bonds. The van der Waals surface area contributed by atoms with Crippen LogP contribution in [0.1, 0.15) is 66.6 Å². The maximum Gasteiger partial charge on any atom is 0.417 e. The molecule has 0 saturated heterocycles. The number of carbonyl (C=O) groups is 1. The molecule has 1 heterocycles. The largest absolute Gasteiger partial charge is 0.417 e. The van der Waals surface area contributed by atoms with E-state index in [9.17, 15) is 31.1 Å². The van der Waals surface area contributed by atoms with Crippen molar-refractivity contribution < 1.29 is 31.1 Å². The standard InChI is InChI=1S/C29H27F6N5O/c1-40-24(19-4-2-3-5-20(19)28(30,31)32)38-39-25(40)27-11-8-26(9-12-27,10-13-27)22(23(37)41)15-18-7-6-17(16-36)14-21(18)29(33,34)35/h2-7,14,22H,8-13,15H2,1H3,(H2,37,41). The maximum absolute atomic E-state index is 13.8. The van der Waals surface area contributed by atoms with Gasteiger partial charge in [0.05, 0.1) is 22.8 Å². The molecule has 6 rings (SSSR count). The van der Waals surface area contributed by atoms with Crippen molar-refractivity contribution in [1.29, 1.82) is 5.26 Å². The number of aromatic nitrogens is 3. The molecule has 0 aliphatic heterocycles. The number of carbonyl (C=O) groups excluding carboxylic acids is 1. The van der Waals surface area contributed by atoms with E-state index in [2.05, 4.69) is 10.2 Å². The van der Waals surface area contributed by atoms with Gasteiger partial charge in [-0.25, -0.2) is 0 Å². The molecular weight excluding hydrogens is 548 g/mol. The van der Waals surface area contributed by atoms with E-state index < -0.39 is 46.1 Å². The molecule has 3 fully saturated rings. The van der Waals surface area contributed by atoms with Crippen LogP contribution in [-0.4, -0.2) is 20.7 Å². The summed E-state index contributed by atoms with van der Waals surface area (Å²) in [6, 6.07) is 10.2. The molecule has 3 saturated carbocycles. The summed E-state index contributed by atoms with van der Waals surface area (Å²) in [7, 11) is 1.64. The number of hydrogen-bond donors (Lipinski definition) is 1. The highest BCUT2D eigenvalue weighted by Crippen LogP contribution is 2.61. The molecule has 6 nitrogen and oxygen atoms in total. The van der Waals surface area contributed by atoms with Gasteiger partial charge in [-0.15, -0.1) is 10.2 Å². The third kappa shape index (κ3) is 4.96. The van der Waals surface area contributed by atoms with Crippen LogP contribution in [0.4, 0.5) is 26.3 Å². The molecule has 1 aromatic heterocycles. The Bertz CT molecular complexity index is 1510. The number of primary amides is 1. The Morgan fingerprint density at radius 3 is 2.15 bits per heavy atom. The molecule has 0 spiro atoms. The normalized spacial score (nSPS) is 23.3. The van der Waals surface area contributed by atoms with E-state index in [1.165, 1.54) is 30.3 Å². The Balaban J connectivity index is 1.43. The van der Waals surface area contributed by atoms with E-state index in [-0.39, 0.29) is 28.9 Å². The molecule has 2 bridgehead atoms. The zero-order valence-electron chi connectivity index (χ0n) is 22.1. The van der Waals surface area contributed by atoms with Gasteiger partial charge in [0.15, 0.2) is 5.82 Å². The molecule has 3 aromatic rings. The monoisotopic (exact) mass is 575 g/mol. The number of alkyl halides is 6. The van der Waals surface area contributed by atoms with Crippen molar-refractivity contribution >= 4 is 5.91 Å². The van der Waals surface area contributed by atoms with Gasteiger partial charge in [0.25, 0.3) is 0 Å². The van der Waals surface area contributed by atoms with Crippen LogP contribution >= 0.6 is 0 Å². The number of benzene rings is 2. The highest BCUT2D eigenvalue weighted by molar-refractivity contribution is 5.78. The minimum Gasteiger partial charge on any atom is -0.369 e. The number of halogens is 6. The van der Waals surface area contributed by atoms with Crippen LogP contribution in [0.5, 0.6) is 0 Å². The Morgan fingerprint density at radius 2 is 1.59 bits per heavy atom. The van der Waals surface area contributed by atoms with Gasteiger partial charge in [0.1, 0.15) is 5.82 Å². The van der Waals surface area contributed by atoms with Crippen molar-refractivity contribution in [2.75, 3.05) is 0 Å². The molecule has 1 atom stereocenters. The average molecular weight is 576 g/mol. The van der Waals surface area contributed by atoms with Gasteiger partial charge >= 0.3 is 12.4 Å². The predicted molar refractivity (Wildman–Crippen MR) is 136 cm³/mol. The van der Waals surface area contributed by atoms with Gasteiger partial charge in [-0.2, -0.15) is 31.6 Å². The van der Waals surface area contributed by atoms with Gasteiger partial charge in [-0.05, 0) is 74.1 Å². The van der Waals surface area contributed by atoms with Crippen LogP contribution in [0.25, 0.3) is 11.4 Å². The summed E-state index contributed by atoms with van der Waals surface area (Å²) in [5, 5.41) is 17.6. The highest BCUT2D eigenvalue weighted by atomic mass is 19.4. The number of nitriles is 1. The Labute approximate surface area is 232 Å². The summed E-state index contributed by atoms with van der Waals surface area (Å²) in [6.07, 6.45) is -6.34. The number of rotatable bonds is 6. The quantitative estimate of drug-likeness (QED) is 0.348. The van der Waals surface area contributed by atoms with E-state index >= 15 is 0 Å². The smallest absolute Gasteiger partial charge is 0.369 e. The Hall–Kier alpha value is -3.88. The van der Waals surface area contributed by atoms with Gasteiger partial charge in [0, 0.05) is 23.9 Å². The lowest BCUT2D eigenvalue weighted by Crippen LogP contribution is -2.52. The first kappa shape index (κ1) is 28.6. The van der Waals surface area contributed by atoms with E-state index in [0.717, 1.165) is 12.1 Å². The van der Waals surface area contributed by atoms with Crippen LogP contribution < -0.4 is 5.73 Å². The first-order valence-corrected chi connectivity index (χ1v) is 13.2. The van der Waals surface area contributed by atoms with E-state index in [1.54, 1.807) is 17.7 Å². The molecule has 0 radical (unpaired) electrons. The molecule has 2 aromatic carbocycles. The van der Waals surface area contributed by atoms with Crippen LogP contribution in [0, 0.1) is 22.7 Å². The van der Waals surface area contributed by atoms with Crippen molar-refractivity contribution in [3.8, 4) is 17.5 Å². The second kappa shape index (κ2) is 9.89. The van der Waals surface area contributed by atoms with E-state index in [4.69, 9.17) is 11.0 Å². The van der Waals surface area contributed by atoms with Crippen molar-refractivity contribution in [3.63, 3.8) is 0 Å². The van der Waals surface area contributed by atoms with Gasteiger partial charge in [-0.1, -0.05) is 24.3 Å². The first-order valence-electron chi connectivity index (χ1n) is 13.2. The highest BCUT2D eigenvalue weighted by Gasteiger charge is 2.55. The molecule has 1 unspecified atom stereocenters. The molecule has 12 heteroatoms. The Kier molecular flexibility index (Phi) is 6.91. The zero-order valence-corrected chi connectivity index (χ0v) is 22.1. The molecule has 41 heavy (non-hydrogen) atoms. The van der Waals surface area contributed by atoms with Crippen molar-refractivity contribution in [3.05, 3.63) is 70.5 Å². The summed E-state index contributed by atoms with van der Waals surface area (Å²) in [4.78, 5) is 12.7. The van der Waals surface area contributed by atoms with Crippen molar-refractivity contribution in [1.82, 2.24) is 14.8 Å². The molecular formula is C29H27F6N5O. The third-order valence-electron chi connectivity index (χ3n) is 9.18. The fourth-order valence-corrected chi connectivity index (χ4v) is 6.95. The average Bonchev–Trinajstić information content (AvgIpc) is 3.33. The summed E-state index contributed by atoms with van der Waals surface area (Å²) in [6.45, 7) is 0. The minimum atomic E-state index is -4.70. The number of nitrogens with two attached hydrogens (primary N) is 1. The van der Waals surface area contributed by atoms with Gasteiger partial charge in [-0.3, -0.25) is 4.79 Å². The third-order valence-corrected chi connectivity index (χ3v) is 9.18. The number of hydrogen-bond acceptors (Lipinski definition) is 4. The van der Waals surface area contributed by atoms with Gasteiger partial charge in [0.2, 0.25) is 5.91 Å². The van der Waals surface area contributed by atoms with E-state index in [1.807, 2.05) is 0 Å². The lowest BCUT2D eigenvalue weighted by molar-refractivity contribution is -0.139. The Morgan fingerprint density at radius 1 is 0.976 bits per heavy atom. The summed E-state index contributed by atoms with van der Waals surface area (Å²) < 4.78 is 84.1. The SMILES string of the molecule is Cn1c(-c2ccccc2C(F)(F)F)nnc1C12CCC(C(Cc3ccc(C#N)cc3C(F)(F)F)C(N)=O)(CC1)CC2. The van der Waals surface area contributed by atoms with Gasteiger partial charge < -0.3 is 10.3 Å². The van der Waals surface area contributed by atoms with Crippen molar-refractivity contribution in [2.45, 2.75) is 62.7 Å². The summed E-state index contributed by atoms with van der Waals surface area (Å²) in [5.41, 5.74) is 2.65. The maximum atomic E-state index is 13.8. The summed E-state index contributed by atoms with van der Waals surface area (Å²) in [5.74, 6) is -0.884. The first-order chi connectivity index (χ1) is 19.2. The molecule has 2 N–H and O–H groups in total. The van der Waals surface area contributed by atoms with Crippen molar-refractivity contribution in [2.24, 2.45) is 24.1 Å². The lowest BCUT2D eigenvalue weighted by atomic mass is 9.49. The van der Waals surface area contributed by atoms with E-state index in [0.29, 0.717) is 44.3 Å². The number of fused-ring (bicyclic) bond motifs is 3. The minimum absolute atomic E-state index is 0.0738. The molecule has 3 aliphatic carbocycles. The number of amides is 1. The van der Waals surface area contributed by atoms with Crippen LogP contribution in [0.2, 0.25) is 0 Å². The second-order valence-corrected chi connectivity index (χ2v) is 11.2. The molecule has 3 aliphatic rings. The lowest BCUT2D eigenvalue weighted by Gasteiger charge is -2.55. The topological polar surface area (TPSA) is 97.6 Å². The summed E-state index contributed by atoms with van der Waals surface area (Å²) >= 11 is 0.